The van der Waals surface area contributed by atoms with Crippen LogP contribution < -0.4 is 4.74 Å². The van der Waals surface area contributed by atoms with E-state index in [-0.39, 0.29) is 24.3 Å². The van der Waals surface area contributed by atoms with Crippen molar-refractivity contribution in [2.24, 2.45) is 0 Å². The van der Waals surface area contributed by atoms with Crippen LogP contribution in [0.5, 0.6) is 5.75 Å². The van der Waals surface area contributed by atoms with Crippen molar-refractivity contribution in [2.45, 2.75) is 6.61 Å². The first kappa shape index (κ1) is 16.3. The summed E-state index contributed by atoms with van der Waals surface area (Å²) in [6.45, 7) is 0.340. The standard InChI is InChI=1S/C15H15N3O5S/c1-21-11-5-3-2-4-10(11)14-16-12(23-17-14)9-22-13(19)8-18-6-7-24-15(18)20/h2-5H,6-9H2,1H3. The van der Waals surface area contributed by atoms with Gasteiger partial charge >= 0.3 is 5.97 Å². The van der Waals surface area contributed by atoms with E-state index in [0.717, 1.165) is 0 Å². The molecular formula is C15H15N3O5S. The van der Waals surface area contributed by atoms with Crippen LogP contribution in [0.2, 0.25) is 0 Å². The SMILES string of the molecule is COc1ccccc1-c1noc(COC(=O)CN2CCSC2=O)n1. The van der Waals surface area contributed by atoms with Crippen molar-refractivity contribution in [3.05, 3.63) is 30.2 Å². The monoisotopic (exact) mass is 349 g/mol. The minimum Gasteiger partial charge on any atom is -0.496 e. The number of thioether (sulfide) groups is 1. The fourth-order valence-electron chi connectivity index (χ4n) is 2.17. The molecular weight excluding hydrogens is 334 g/mol. The lowest BCUT2D eigenvalue weighted by Crippen LogP contribution is -2.30. The number of benzene rings is 1. The molecule has 2 heterocycles. The van der Waals surface area contributed by atoms with Gasteiger partial charge in [-0.25, -0.2) is 0 Å². The van der Waals surface area contributed by atoms with Crippen molar-refractivity contribution in [3.8, 4) is 17.1 Å². The average molecular weight is 349 g/mol. The Labute approximate surface area is 142 Å². The van der Waals surface area contributed by atoms with E-state index >= 15 is 0 Å². The van der Waals surface area contributed by atoms with Gasteiger partial charge in [-0.3, -0.25) is 9.59 Å². The summed E-state index contributed by atoms with van der Waals surface area (Å²) in [6, 6.07) is 7.26. The zero-order valence-corrected chi connectivity index (χ0v) is 13.7. The van der Waals surface area contributed by atoms with E-state index in [1.165, 1.54) is 16.7 Å². The third-order valence-corrected chi connectivity index (χ3v) is 4.23. The summed E-state index contributed by atoms with van der Waals surface area (Å²) < 4.78 is 15.4. The number of methoxy groups -OCH3 is 1. The lowest BCUT2D eigenvalue weighted by atomic mass is 10.2. The molecule has 126 valence electrons. The molecule has 1 fully saturated rings. The first-order valence-corrected chi connectivity index (χ1v) is 8.19. The summed E-state index contributed by atoms with van der Waals surface area (Å²) in [6.07, 6.45) is 0. The summed E-state index contributed by atoms with van der Waals surface area (Å²) in [5.41, 5.74) is 0.681. The highest BCUT2D eigenvalue weighted by Crippen LogP contribution is 2.27. The van der Waals surface area contributed by atoms with Gasteiger partial charge in [0, 0.05) is 12.3 Å². The molecule has 0 aliphatic carbocycles. The van der Waals surface area contributed by atoms with Gasteiger partial charge in [-0.05, 0) is 12.1 Å². The maximum Gasteiger partial charge on any atom is 0.326 e. The number of hydrogen-bond acceptors (Lipinski definition) is 8. The van der Waals surface area contributed by atoms with Crippen LogP contribution in [0.4, 0.5) is 4.79 Å². The highest BCUT2D eigenvalue weighted by molar-refractivity contribution is 8.13. The second kappa shape index (κ2) is 7.35. The molecule has 9 heteroatoms. The van der Waals surface area contributed by atoms with Crippen molar-refractivity contribution in [2.75, 3.05) is 26.0 Å². The van der Waals surface area contributed by atoms with E-state index in [0.29, 0.717) is 29.4 Å². The molecule has 2 aromatic rings. The van der Waals surface area contributed by atoms with Crippen LogP contribution in [-0.2, 0) is 16.1 Å². The molecule has 24 heavy (non-hydrogen) atoms. The second-order valence-corrected chi connectivity index (χ2v) is 5.95. The predicted octanol–water partition coefficient (Wildman–Crippen LogP) is 1.96. The van der Waals surface area contributed by atoms with Crippen LogP contribution in [0.1, 0.15) is 5.89 Å². The number of amides is 1. The van der Waals surface area contributed by atoms with Gasteiger partial charge in [-0.2, -0.15) is 4.98 Å². The van der Waals surface area contributed by atoms with Gasteiger partial charge in [-0.1, -0.05) is 29.1 Å². The number of ether oxygens (including phenoxy) is 2. The molecule has 1 aliphatic heterocycles. The summed E-state index contributed by atoms with van der Waals surface area (Å²) in [5, 5.41) is 3.75. The first-order valence-electron chi connectivity index (χ1n) is 7.20. The Hall–Kier alpha value is -2.55. The molecule has 0 N–H and O–H groups in total. The molecule has 1 aromatic heterocycles. The number of hydrogen-bond donors (Lipinski definition) is 0. The average Bonchev–Trinajstić information content (AvgIpc) is 3.22. The van der Waals surface area contributed by atoms with Crippen molar-refractivity contribution in [3.63, 3.8) is 0 Å². The largest absolute Gasteiger partial charge is 0.496 e. The lowest BCUT2D eigenvalue weighted by molar-refractivity contribution is -0.146. The minimum atomic E-state index is -0.511. The van der Waals surface area contributed by atoms with Crippen LogP contribution in [-0.4, -0.2) is 52.2 Å². The molecule has 1 saturated heterocycles. The van der Waals surface area contributed by atoms with E-state index in [2.05, 4.69) is 10.1 Å². The van der Waals surface area contributed by atoms with E-state index in [1.54, 1.807) is 19.2 Å². The number of rotatable bonds is 6. The predicted molar refractivity (Wildman–Crippen MR) is 85.5 cm³/mol. The molecule has 1 aliphatic rings. The fraction of sp³-hybridized carbons (Fsp3) is 0.333. The Kier molecular flexibility index (Phi) is 4.99. The summed E-state index contributed by atoms with van der Waals surface area (Å²) in [4.78, 5) is 28.8. The zero-order chi connectivity index (χ0) is 16.9. The lowest BCUT2D eigenvalue weighted by Gasteiger charge is -2.12. The second-order valence-electron chi connectivity index (χ2n) is 4.91. The molecule has 0 saturated carbocycles. The smallest absolute Gasteiger partial charge is 0.326 e. The van der Waals surface area contributed by atoms with Gasteiger partial charge in [0.15, 0.2) is 6.61 Å². The molecule has 0 atom stereocenters. The van der Waals surface area contributed by atoms with Gasteiger partial charge in [0.25, 0.3) is 11.1 Å². The number of carbonyl (C=O) groups is 2. The van der Waals surface area contributed by atoms with Gasteiger partial charge in [0.1, 0.15) is 12.3 Å². The number of nitrogens with zero attached hydrogens (tertiary/aromatic N) is 3. The first-order chi connectivity index (χ1) is 11.7. The van der Waals surface area contributed by atoms with E-state index < -0.39 is 5.97 Å². The van der Waals surface area contributed by atoms with E-state index in [1.807, 2.05) is 12.1 Å². The van der Waals surface area contributed by atoms with Crippen molar-refractivity contribution in [1.82, 2.24) is 15.0 Å². The molecule has 8 nitrogen and oxygen atoms in total. The van der Waals surface area contributed by atoms with Crippen LogP contribution in [0.3, 0.4) is 0 Å². The molecule has 0 unspecified atom stereocenters. The maximum absolute atomic E-state index is 11.8. The number of esters is 1. The summed E-state index contributed by atoms with van der Waals surface area (Å²) >= 11 is 1.19. The van der Waals surface area contributed by atoms with E-state index in [4.69, 9.17) is 14.0 Å². The quantitative estimate of drug-likeness (QED) is 0.731. The summed E-state index contributed by atoms with van der Waals surface area (Å²) in [5.74, 6) is 1.32. The van der Waals surface area contributed by atoms with Crippen molar-refractivity contribution < 1.29 is 23.6 Å². The molecule has 0 radical (unpaired) electrons. The summed E-state index contributed by atoms with van der Waals surface area (Å²) in [7, 11) is 1.56. The number of carbonyl (C=O) groups excluding carboxylic acids is 2. The number of para-hydroxylation sites is 1. The van der Waals surface area contributed by atoms with Gasteiger partial charge in [-0.15, -0.1) is 0 Å². The Bertz CT molecular complexity index is 748. The Balaban J connectivity index is 1.58. The maximum atomic E-state index is 11.8. The molecule has 0 bridgehead atoms. The Morgan fingerprint density at radius 3 is 3.00 bits per heavy atom. The van der Waals surface area contributed by atoms with Gasteiger partial charge < -0.3 is 18.9 Å². The minimum absolute atomic E-state index is 0.0701. The third kappa shape index (κ3) is 3.67. The zero-order valence-electron chi connectivity index (χ0n) is 12.9. The Morgan fingerprint density at radius 1 is 1.42 bits per heavy atom. The van der Waals surface area contributed by atoms with Crippen LogP contribution >= 0.6 is 11.8 Å². The molecule has 3 rings (SSSR count). The molecule has 0 spiro atoms. The van der Waals surface area contributed by atoms with Crippen molar-refractivity contribution >= 4 is 23.0 Å². The third-order valence-electron chi connectivity index (χ3n) is 3.34. The van der Waals surface area contributed by atoms with Crippen LogP contribution in [0.15, 0.2) is 28.8 Å². The van der Waals surface area contributed by atoms with Crippen LogP contribution in [0, 0.1) is 0 Å². The van der Waals surface area contributed by atoms with Crippen molar-refractivity contribution in [1.29, 1.82) is 0 Å². The Morgan fingerprint density at radius 2 is 2.25 bits per heavy atom. The topological polar surface area (TPSA) is 94.8 Å². The van der Waals surface area contributed by atoms with Crippen LogP contribution in [0.25, 0.3) is 11.4 Å². The highest BCUT2D eigenvalue weighted by atomic mass is 32.2. The number of aromatic nitrogens is 2. The fourth-order valence-corrected chi connectivity index (χ4v) is 2.99. The van der Waals surface area contributed by atoms with Gasteiger partial charge in [0.2, 0.25) is 5.82 Å². The molecule has 1 amide bonds. The highest BCUT2D eigenvalue weighted by Gasteiger charge is 2.24. The normalized spacial score (nSPS) is 14.0. The molecule has 1 aromatic carbocycles. The van der Waals surface area contributed by atoms with Gasteiger partial charge in [0.05, 0.1) is 12.7 Å². The van der Waals surface area contributed by atoms with E-state index in [9.17, 15) is 9.59 Å².